The topological polar surface area (TPSA) is 104 Å². The zero-order chi connectivity index (χ0) is 30.5. The van der Waals surface area contributed by atoms with E-state index in [-0.39, 0.29) is 34.6 Å². The maximum absolute atomic E-state index is 15.2. The van der Waals surface area contributed by atoms with E-state index in [9.17, 15) is 19.5 Å². The van der Waals surface area contributed by atoms with Gasteiger partial charge in [-0.25, -0.2) is 0 Å². The molecular formula is C35H30N2O6. The summed E-state index contributed by atoms with van der Waals surface area (Å²) in [5.41, 5.74) is -0.994. The molecule has 3 aliphatic rings. The standard InChI is InChI=1S/C35H30N2O6/c1-34(2)19-27-30(28(39)20-34)35(33(42)36(27)24-12-8-5-9-13-24)29(23(21-38)18-22-10-6-4-7-11-22)31(40)32(41)37(35)25-14-16-26(43-3)17-15-25/h4-18,21,40H,19-20H2,1-3H3. The number of aliphatic hydroxyl groups is 1. The maximum Gasteiger partial charge on any atom is 0.295 e. The van der Waals surface area contributed by atoms with Gasteiger partial charge in [-0.3, -0.25) is 29.0 Å². The van der Waals surface area contributed by atoms with Crippen LogP contribution in [-0.2, 0) is 19.2 Å². The zero-order valence-corrected chi connectivity index (χ0v) is 24.0. The quantitative estimate of drug-likeness (QED) is 0.305. The molecule has 1 aliphatic carbocycles. The van der Waals surface area contributed by atoms with Crippen LogP contribution in [0.25, 0.3) is 6.08 Å². The highest BCUT2D eigenvalue weighted by atomic mass is 16.5. The van der Waals surface area contributed by atoms with Gasteiger partial charge in [0.25, 0.3) is 11.8 Å². The Balaban J connectivity index is 1.71. The van der Waals surface area contributed by atoms with Gasteiger partial charge in [-0.05, 0) is 59.9 Å². The van der Waals surface area contributed by atoms with Gasteiger partial charge in [0.05, 0.1) is 18.3 Å². The average Bonchev–Trinajstić information content (AvgIpc) is 3.38. The molecule has 2 aliphatic heterocycles. The van der Waals surface area contributed by atoms with Crippen LogP contribution in [0.2, 0.25) is 0 Å². The molecule has 43 heavy (non-hydrogen) atoms. The van der Waals surface area contributed by atoms with Gasteiger partial charge in [0.1, 0.15) is 5.75 Å². The molecule has 8 nitrogen and oxygen atoms in total. The summed E-state index contributed by atoms with van der Waals surface area (Å²) in [7, 11) is 1.51. The Morgan fingerprint density at radius 3 is 2.09 bits per heavy atom. The Bertz CT molecular complexity index is 1750. The third-order valence-electron chi connectivity index (χ3n) is 8.22. The van der Waals surface area contributed by atoms with Crippen LogP contribution in [0.4, 0.5) is 11.4 Å². The van der Waals surface area contributed by atoms with Crippen LogP contribution in [0.15, 0.2) is 113 Å². The van der Waals surface area contributed by atoms with Crippen LogP contribution < -0.4 is 14.5 Å². The average molecular weight is 575 g/mol. The Labute approximate surface area is 249 Å². The van der Waals surface area contributed by atoms with Crippen LogP contribution in [0.3, 0.4) is 0 Å². The number of carbonyl (C=O) groups is 4. The fourth-order valence-corrected chi connectivity index (χ4v) is 6.50. The number of allylic oxidation sites excluding steroid dienone is 1. The zero-order valence-electron chi connectivity index (χ0n) is 24.0. The van der Waals surface area contributed by atoms with Crippen molar-refractivity contribution in [3.05, 3.63) is 119 Å². The van der Waals surface area contributed by atoms with Crippen molar-refractivity contribution < 1.29 is 29.0 Å². The Morgan fingerprint density at radius 1 is 0.860 bits per heavy atom. The van der Waals surface area contributed by atoms with Crippen molar-refractivity contribution >= 4 is 41.3 Å². The summed E-state index contributed by atoms with van der Waals surface area (Å²) in [5.74, 6) is -2.11. The van der Waals surface area contributed by atoms with Gasteiger partial charge in [0.2, 0.25) is 0 Å². The van der Waals surface area contributed by atoms with E-state index in [0.717, 1.165) is 4.90 Å². The largest absolute Gasteiger partial charge is 0.503 e. The van der Waals surface area contributed by atoms with E-state index in [0.29, 0.717) is 35.4 Å². The first-order valence-electron chi connectivity index (χ1n) is 13.9. The van der Waals surface area contributed by atoms with Crippen molar-refractivity contribution in [1.82, 2.24) is 0 Å². The molecule has 1 unspecified atom stereocenters. The molecule has 0 fully saturated rings. The smallest absolute Gasteiger partial charge is 0.295 e. The maximum atomic E-state index is 15.2. The predicted octanol–water partition coefficient (Wildman–Crippen LogP) is 5.57. The summed E-state index contributed by atoms with van der Waals surface area (Å²) >= 11 is 0. The second kappa shape index (κ2) is 10.2. The van der Waals surface area contributed by atoms with E-state index < -0.39 is 28.5 Å². The van der Waals surface area contributed by atoms with E-state index in [2.05, 4.69) is 0 Å². The summed E-state index contributed by atoms with van der Waals surface area (Å²) in [4.78, 5) is 59.0. The molecule has 3 aromatic rings. The summed E-state index contributed by atoms with van der Waals surface area (Å²) < 4.78 is 5.30. The minimum absolute atomic E-state index is 0.0826. The SMILES string of the molecule is COc1ccc(N2C(=O)C(O)=C(C(C=O)=Cc3ccccc3)C23C(=O)N(c2ccccc2)C2=C3C(=O)CC(C)(C)C2)cc1. The van der Waals surface area contributed by atoms with Crippen molar-refractivity contribution in [2.45, 2.75) is 32.2 Å². The van der Waals surface area contributed by atoms with Crippen molar-refractivity contribution in [1.29, 1.82) is 0 Å². The molecule has 0 aromatic heterocycles. The van der Waals surface area contributed by atoms with Gasteiger partial charge < -0.3 is 9.84 Å². The molecule has 0 radical (unpaired) electrons. The molecule has 0 saturated carbocycles. The van der Waals surface area contributed by atoms with Crippen LogP contribution in [-0.4, -0.2) is 41.6 Å². The number of aldehydes is 1. The lowest BCUT2D eigenvalue weighted by Crippen LogP contribution is -2.58. The van der Waals surface area contributed by atoms with Crippen LogP contribution in [0, 0.1) is 5.41 Å². The third kappa shape index (κ3) is 4.21. The molecule has 1 spiro atoms. The lowest BCUT2D eigenvalue weighted by Gasteiger charge is -2.38. The van der Waals surface area contributed by atoms with Crippen molar-refractivity contribution in [3.63, 3.8) is 0 Å². The van der Waals surface area contributed by atoms with Crippen molar-refractivity contribution in [2.24, 2.45) is 5.41 Å². The second-order valence-electron chi connectivity index (χ2n) is 11.6. The van der Waals surface area contributed by atoms with Crippen molar-refractivity contribution in [3.8, 4) is 5.75 Å². The van der Waals surface area contributed by atoms with Gasteiger partial charge in [-0.15, -0.1) is 0 Å². The monoisotopic (exact) mass is 574 g/mol. The van der Waals surface area contributed by atoms with Crippen molar-refractivity contribution in [2.75, 3.05) is 16.9 Å². The number of benzene rings is 3. The highest BCUT2D eigenvalue weighted by Gasteiger charge is 2.69. The molecule has 216 valence electrons. The number of para-hydroxylation sites is 1. The van der Waals surface area contributed by atoms with E-state index in [1.165, 1.54) is 18.1 Å². The van der Waals surface area contributed by atoms with Crippen LogP contribution in [0.5, 0.6) is 5.75 Å². The number of carbonyl (C=O) groups excluding carboxylic acids is 4. The molecule has 0 bridgehead atoms. The molecule has 3 aromatic carbocycles. The second-order valence-corrected chi connectivity index (χ2v) is 11.6. The molecular weight excluding hydrogens is 544 g/mol. The normalized spacial score (nSPS) is 21.7. The number of rotatable bonds is 6. The van der Waals surface area contributed by atoms with Crippen LogP contribution >= 0.6 is 0 Å². The predicted molar refractivity (Wildman–Crippen MR) is 162 cm³/mol. The van der Waals surface area contributed by atoms with E-state index in [1.807, 2.05) is 26.0 Å². The number of aliphatic hydroxyl groups excluding tert-OH is 1. The molecule has 6 rings (SSSR count). The van der Waals surface area contributed by atoms with Gasteiger partial charge in [0.15, 0.2) is 23.4 Å². The minimum atomic E-state index is -2.13. The highest BCUT2D eigenvalue weighted by Crippen LogP contribution is 2.57. The summed E-state index contributed by atoms with van der Waals surface area (Å²) in [5, 5.41) is 11.6. The van der Waals surface area contributed by atoms with E-state index in [1.54, 1.807) is 72.8 Å². The summed E-state index contributed by atoms with van der Waals surface area (Å²) in [6.07, 6.45) is 2.50. The summed E-state index contributed by atoms with van der Waals surface area (Å²) in [6.45, 7) is 3.91. The molecule has 8 heteroatoms. The number of ketones is 1. The first-order chi connectivity index (χ1) is 20.6. The minimum Gasteiger partial charge on any atom is -0.503 e. The Hall–Kier alpha value is -5.24. The van der Waals surface area contributed by atoms with Crippen LogP contribution in [0.1, 0.15) is 32.3 Å². The van der Waals surface area contributed by atoms with Gasteiger partial charge in [0, 0.05) is 29.1 Å². The molecule has 1 atom stereocenters. The molecule has 1 N–H and O–H groups in total. The number of fused-ring (bicyclic) bond motifs is 1. The fraction of sp³-hybridized carbons (Fsp3) is 0.200. The molecule has 2 heterocycles. The number of nitrogens with zero attached hydrogens (tertiary/aromatic N) is 2. The number of methoxy groups -OCH3 is 1. The lowest BCUT2D eigenvalue weighted by atomic mass is 9.69. The Kier molecular flexibility index (Phi) is 6.64. The van der Waals surface area contributed by atoms with Gasteiger partial charge >= 0.3 is 0 Å². The van der Waals surface area contributed by atoms with Gasteiger partial charge in [-0.2, -0.15) is 0 Å². The number of Topliss-reactive ketones (excluding diaryl/α,β-unsaturated/α-hetero) is 1. The number of hydrogen-bond acceptors (Lipinski definition) is 6. The molecule has 2 amide bonds. The number of anilines is 2. The fourth-order valence-electron chi connectivity index (χ4n) is 6.50. The lowest BCUT2D eigenvalue weighted by molar-refractivity contribution is -0.125. The van der Waals surface area contributed by atoms with E-state index >= 15 is 4.79 Å². The number of hydrogen-bond donors (Lipinski definition) is 1. The number of amides is 2. The molecule has 0 saturated heterocycles. The highest BCUT2D eigenvalue weighted by molar-refractivity contribution is 6.31. The Morgan fingerprint density at radius 2 is 1.49 bits per heavy atom. The number of ether oxygens (including phenoxy) is 1. The first kappa shape index (κ1) is 27.9. The summed E-state index contributed by atoms with van der Waals surface area (Å²) in [6, 6.07) is 24.2. The van der Waals surface area contributed by atoms with E-state index in [4.69, 9.17) is 4.74 Å². The third-order valence-corrected chi connectivity index (χ3v) is 8.22. The van der Waals surface area contributed by atoms with Gasteiger partial charge in [-0.1, -0.05) is 62.4 Å². The first-order valence-corrected chi connectivity index (χ1v) is 13.9.